The van der Waals surface area contributed by atoms with Gasteiger partial charge in [0.05, 0.1) is 0 Å². The third-order valence-electron chi connectivity index (χ3n) is 4.17. The van der Waals surface area contributed by atoms with Gasteiger partial charge in [0.15, 0.2) is 0 Å². The van der Waals surface area contributed by atoms with Crippen molar-refractivity contribution in [3.05, 3.63) is 34.9 Å². The number of hydrogen-bond donors (Lipinski definition) is 1. The average Bonchev–Trinajstić information content (AvgIpc) is 3.11. The van der Waals surface area contributed by atoms with Gasteiger partial charge in [-0.2, -0.15) is 0 Å². The molecule has 1 aliphatic carbocycles. The van der Waals surface area contributed by atoms with E-state index in [0.29, 0.717) is 6.61 Å². The van der Waals surface area contributed by atoms with Gasteiger partial charge < -0.3 is 10.0 Å². The third-order valence-corrected chi connectivity index (χ3v) is 4.17. The molecular formula is C16H25NO. The van der Waals surface area contributed by atoms with E-state index in [-0.39, 0.29) is 5.41 Å². The summed E-state index contributed by atoms with van der Waals surface area (Å²) in [6, 6.07) is 6.68. The molecule has 0 aliphatic heterocycles. The summed E-state index contributed by atoms with van der Waals surface area (Å²) in [6.45, 7) is 6.80. The van der Waals surface area contributed by atoms with Gasteiger partial charge in [-0.25, -0.2) is 0 Å². The van der Waals surface area contributed by atoms with Gasteiger partial charge in [0.25, 0.3) is 0 Å². The van der Waals surface area contributed by atoms with Gasteiger partial charge in [-0.3, -0.25) is 0 Å². The fourth-order valence-electron chi connectivity index (χ4n) is 2.58. The lowest BCUT2D eigenvalue weighted by atomic mass is 10.0. The Hall–Kier alpha value is -0.860. The maximum Gasteiger partial charge on any atom is 0.0499 e. The van der Waals surface area contributed by atoms with Crippen LogP contribution in [-0.4, -0.2) is 36.8 Å². The monoisotopic (exact) mass is 247 g/mol. The minimum Gasteiger partial charge on any atom is -0.396 e. The Kier molecular flexibility index (Phi) is 4.08. The summed E-state index contributed by atoms with van der Waals surface area (Å²) in [4.78, 5) is 2.37. The van der Waals surface area contributed by atoms with Crippen LogP contribution < -0.4 is 0 Å². The second-order valence-corrected chi connectivity index (χ2v) is 6.08. The van der Waals surface area contributed by atoms with E-state index in [0.717, 1.165) is 19.5 Å². The van der Waals surface area contributed by atoms with Crippen LogP contribution in [0.4, 0.5) is 0 Å². The molecule has 1 N–H and O–H groups in total. The standard InChI is InChI=1S/C16H25NO/c1-13-4-5-14(2)15(10-13)6-9-17(3)11-16(12-18)7-8-16/h4-5,10,18H,6-9,11-12H2,1-3H3. The molecule has 0 saturated heterocycles. The number of rotatable bonds is 6. The lowest BCUT2D eigenvalue weighted by molar-refractivity contribution is 0.165. The molecule has 1 saturated carbocycles. The zero-order valence-electron chi connectivity index (χ0n) is 11.9. The van der Waals surface area contributed by atoms with Crippen LogP contribution >= 0.6 is 0 Å². The van der Waals surface area contributed by atoms with E-state index in [1.807, 2.05) is 0 Å². The van der Waals surface area contributed by atoms with Crippen molar-refractivity contribution in [3.8, 4) is 0 Å². The maximum absolute atomic E-state index is 9.34. The number of nitrogens with zero attached hydrogens (tertiary/aromatic N) is 1. The highest BCUT2D eigenvalue weighted by Gasteiger charge is 2.42. The first kappa shape index (κ1) is 13.6. The summed E-state index contributed by atoms with van der Waals surface area (Å²) < 4.78 is 0. The molecule has 0 aromatic heterocycles. The first-order chi connectivity index (χ1) is 8.54. The van der Waals surface area contributed by atoms with Gasteiger partial charge in [0.2, 0.25) is 0 Å². The Balaban J connectivity index is 1.85. The van der Waals surface area contributed by atoms with Crippen LogP contribution in [0.15, 0.2) is 18.2 Å². The van der Waals surface area contributed by atoms with Crippen molar-refractivity contribution in [2.24, 2.45) is 5.41 Å². The predicted octanol–water partition coefficient (Wildman–Crippen LogP) is 2.55. The number of aliphatic hydroxyl groups is 1. The summed E-state index contributed by atoms with van der Waals surface area (Å²) in [6.07, 6.45) is 3.49. The van der Waals surface area contributed by atoms with Crippen LogP contribution in [-0.2, 0) is 6.42 Å². The SMILES string of the molecule is Cc1ccc(C)c(CCN(C)CC2(CO)CC2)c1. The van der Waals surface area contributed by atoms with E-state index in [4.69, 9.17) is 0 Å². The van der Waals surface area contributed by atoms with Gasteiger partial charge in [0.1, 0.15) is 0 Å². The molecular weight excluding hydrogens is 222 g/mol. The molecule has 1 aromatic carbocycles. The summed E-state index contributed by atoms with van der Waals surface area (Å²) >= 11 is 0. The van der Waals surface area contributed by atoms with Crippen LogP contribution in [0.2, 0.25) is 0 Å². The van der Waals surface area contributed by atoms with Crippen LogP contribution in [0, 0.1) is 19.3 Å². The number of hydrogen-bond acceptors (Lipinski definition) is 2. The summed E-state index contributed by atoms with van der Waals surface area (Å²) in [5, 5.41) is 9.34. The minimum atomic E-state index is 0.233. The predicted molar refractivity (Wildman–Crippen MR) is 75.9 cm³/mol. The normalized spacial score (nSPS) is 17.2. The summed E-state index contributed by atoms with van der Waals surface area (Å²) in [5.41, 5.74) is 4.41. The summed E-state index contributed by atoms with van der Waals surface area (Å²) in [7, 11) is 2.17. The Bertz CT molecular complexity index is 410. The lowest BCUT2D eigenvalue weighted by Gasteiger charge is -2.22. The molecule has 0 bridgehead atoms. The Morgan fingerprint density at radius 2 is 2.00 bits per heavy atom. The Labute approximate surface area is 111 Å². The topological polar surface area (TPSA) is 23.5 Å². The molecule has 0 heterocycles. The van der Waals surface area contributed by atoms with Crippen molar-refractivity contribution in [1.29, 1.82) is 0 Å². The number of aliphatic hydroxyl groups excluding tert-OH is 1. The van der Waals surface area contributed by atoms with Crippen LogP contribution in [0.5, 0.6) is 0 Å². The fourth-order valence-corrected chi connectivity index (χ4v) is 2.58. The first-order valence-corrected chi connectivity index (χ1v) is 6.90. The van der Waals surface area contributed by atoms with Gasteiger partial charge in [-0.1, -0.05) is 23.8 Å². The van der Waals surface area contributed by atoms with E-state index in [1.165, 1.54) is 29.5 Å². The smallest absolute Gasteiger partial charge is 0.0499 e. The van der Waals surface area contributed by atoms with Crippen molar-refractivity contribution in [2.75, 3.05) is 26.7 Å². The van der Waals surface area contributed by atoms with Crippen molar-refractivity contribution in [3.63, 3.8) is 0 Å². The van der Waals surface area contributed by atoms with Gasteiger partial charge in [0, 0.05) is 25.1 Å². The number of aryl methyl sites for hydroxylation is 2. The fraction of sp³-hybridized carbons (Fsp3) is 0.625. The van der Waals surface area contributed by atoms with Crippen LogP contribution in [0.3, 0.4) is 0 Å². The second kappa shape index (κ2) is 5.41. The molecule has 0 radical (unpaired) electrons. The quantitative estimate of drug-likeness (QED) is 0.835. The van der Waals surface area contributed by atoms with Gasteiger partial charge >= 0.3 is 0 Å². The minimum absolute atomic E-state index is 0.233. The molecule has 1 aromatic rings. The van der Waals surface area contributed by atoms with E-state index in [2.05, 4.69) is 44.0 Å². The maximum atomic E-state index is 9.34. The molecule has 100 valence electrons. The van der Waals surface area contributed by atoms with Crippen molar-refractivity contribution in [2.45, 2.75) is 33.1 Å². The van der Waals surface area contributed by atoms with E-state index in [9.17, 15) is 5.11 Å². The van der Waals surface area contributed by atoms with Gasteiger partial charge in [-0.05, 0) is 51.3 Å². The third kappa shape index (κ3) is 3.33. The molecule has 2 nitrogen and oxygen atoms in total. The highest BCUT2D eigenvalue weighted by atomic mass is 16.3. The number of benzene rings is 1. The summed E-state index contributed by atoms with van der Waals surface area (Å²) in [5.74, 6) is 0. The van der Waals surface area contributed by atoms with Crippen molar-refractivity contribution < 1.29 is 5.11 Å². The van der Waals surface area contributed by atoms with E-state index in [1.54, 1.807) is 0 Å². The van der Waals surface area contributed by atoms with E-state index >= 15 is 0 Å². The Morgan fingerprint density at radius 1 is 1.28 bits per heavy atom. The zero-order chi connectivity index (χ0) is 13.2. The molecule has 0 atom stereocenters. The zero-order valence-corrected chi connectivity index (χ0v) is 11.9. The van der Waals surface area contributed by atoms with E-state index < -0.39 is 0 Å². The molecule has 2 rings (SSSR count). The Morgan fingerprint density at radius 3 is 2.61 bits per heavy atom. The molecule has 18 heavy (non-hydrogen) atoms. The molecule has 1 aliphatic rings. The highest BCUT2D eigenvalue weighted by Crippen LogP contribution is 2.45. The number of likely N-dealkylation sites (N-methyl/N-ethyl adjacent to an activating group) is 1. The second-order valence-electron chi connectivity index (χ2n) is 6.08. The molecule has 0 amide bonds. The molecule has 1 fully saturated rings. The van der Waals surface area contributed by atoms with Crippen LogP contribution in [0.1, 0.15) is 29.5 Å². The van der Waals surface area contributed by atoms with Crippen LogP contribution in [0.25, 0.3) is 0 Å². The molecule has 2 heteroatoms. The largest absolute Gasteiger partial charge is 0.396 e. The van der Waals surface area contributed by atoms with Crippen molar-refractivity contribution in [1.82, 2.24) is 4.90 Å². The average molecular weight is 247 g/mol. The van der Waals surface area contributed by atoms with Crippen molar-refractivity contribution >= 4 is 0 Å². The molecule has 0 unspecified atom stereocenters. The van der Waals surface area contributed by atoms with Gasteiger partial charge in [-0.15, -0.1) is 0 Å². The highest BCUT2D eigenvalue weighted by molar-refractivity contribution is 5.30. The molecule has 0 spiro atoms. The first-order valence-electron chi connectivity index (χ1n) is 6.90. The lowest BCUT2D eigenvalue weighted by Crippen LogP contribution is -2.30.